The van der Waals surface area contributed by atoms with Crippen LogP contribution < -0.4 is 10.1 Å². The Kier molecular flexibility index (Phi) is 5.78. The maximum Gasteiger partial charge on any atom is 0.140 e. The lowest BCUT2D eigenvalue weighted by molar-refractivity contribution is -0.698. The molecule has 1 aromatic heterocycles. The van der Waals surface area contributed by atoms with E-state index in [1.54, 1.807) is 0 Å². The minimum Gasteiger partial charge on any atom is -0.487 e. The van der Waals surface area contributed by atoms with E-state index in [-0.39, 0.29) is 18.2 Å². The molecule has 1 saturated carbocycles. The van der Waals surface area contributed by atoms with Crippen molar-refractivity contribution in [3.05, 3.63) is 42.2 Å². The second kappa shape index (κ2) is 8.81. The van der Waals surface area contributed by atoms with Gasteiger partial charge in [0.1, 0.15) is 48.9 Å². The summed E-state index contributed by atoms with van der Waals surface area (Å²) in [6.45, 7) is 3.00. The summed E-state index contributed by atoms with van der Waals surface area (Å²) in [4.78, 5) is 0. The smallest absolute Gasteiger partial charge is 0.140 e. The predicted octanol–water partition coefficient (Wildman–Crippen LogP) is 1.71. The number of ether oxygens (including phenoxy) is 3. The van der Waals surface area contributed by atoms with Crippen LogP contribution in [0.15, 0.2) is 36.5 Å². The summed E-state index contributed by atoms with van der Waals surface area (Å²) in [6.07, 6.45) is 9.14. The topological polar surface area (TPSA) is 75.0 Å². The minimum atomic E-state index is 0.0622. The van der Waals surface area contributed by atoms with Crippen molar-refractivity contribution in [1.82, 2.24) is 15.0 Å². The van der Waals surface area contributed by atoms with E-state index >= 15 is 0 Å². The van der Waals surface area contributed by atoms with Crippen LogP contribution in [-0.4, -0.2) is 53.0 Å². The summed E-state index contributed by atoms with van der Waals surface area (Å²) in [5.41, 5.74) is 0.815. The highest BCUT2D eigenvalue weighted by Gasteiger charge is 2.50. The molecule has 3 fully saturated rings. The molecule has 7 heteroatoms. The average molecular weight is 400 g/mol. The van der Waals surface area contributed by atoms with Gasteiger partial charge in [0.15, 0.2) is 0 Å². The first-order valence-electron chi connectivity index (χ1n) is 11.0. The normalized spacial score (nSPS) is 29.8. The van der Waals surface area contributed by atoms with Gasteiger partial charge in [0.05, 0.1) is 19.3 Å². The molecule has 2 N–H and O–H groups in total. The first-order valence-corrected chi connectivity index (χ1v) is 11.0. The fraction of sp³-hybridized carbons (Fsp3) is 0.636. The molecule has 0 radical (unpaired) electrons. The van der Waals surface area contributed by atoms with Crippen LogP contribution in [-0.2, 0) is 16.1 Å². The molecule has 3 heterocycles. The fourth-order valence-electron chi connectivity index (χ4n) is 4.94. The Balaban J connectivity index is 1.14. The van der Waals surface area contributed by atoms with Crippen molar-refractivity contribution >= 4 is 0 Å². The van der Waals surface area contributed by atoms with E-state index in [4.69, 9.17) is 14.2 Å². The molecule has 1 aliphatic carbocycles. The molecule has 29 heavy (non-hydrogen) atoms. The standard InChI is InChI=1S/C22H30N4O3/c1-3-7-16(8-4-1)11-23-19-14-28-22-20(15-29-21(19)22)26-12-17(24-25-26)13-27-18-9-5-2-6-10-18/h2,5-6,9-10,12,16,19-23H,1,3-4,7-8,11,13-15H2/p+1/t19-,20-,21+,22+/m0/s1. The highest BCUT2D eigenvalue weighted by atomic mass is 16.6. The molecule has 156 valence electrons. The van der Waals surface area contributed by atoms with Crippen LogP contribution in [0.1, 0.15) is 43.8 Å². The number of nitrogens with two attached hydrogens (primary N) is 1. The van der Waals surface area contributed by atoms with Crippen LogP contribution in [0, 0.1) is 5.92 Å². The maximum atomic E-state index is 6.16. The SMILES string of the molecule is c1ccc(OCc2cn([C@H]3CO[C@H]4[C@@H]3OC[C@@H]4[NH2+]CC3CCCCC3)nn2)cc1. The Bertz CT molecular complexity index is 777. The van der Waals surface area contributed by atoms with Crippen molar-refractivity contribution in [2.45, 2.75) is 63.0 Å². The molecule has 2 aliphatic heterocycles. The van der Waals surface area contributed by atoms with Gasteiger partial charge < -0.3 is 19.5 Å². The Labute approximate surface area is 171 Å². The first kappa shape index (κ1) is 19.0. The van der Waals surface area contributed by atoms with Crippen LogP contribution in [0.4, 0.5) is 0 Å². The van der Waals surface area contributed by atoms with E-state index in [0.29, 0.717) is 19.3 Å². The molecule has 7 nitrogen and oxygen atoms in total. The van der Waals surface area contributed by atoms with Gasteiger partial charge in [-0.2, -0.15) is 0 Å². The number of quaternary nitrogens is 1. The number of nitrogens with zero attached hydrogens (tertiary/aromatic N) is 3. The van der Waals surface area contributed by atoms with Gasteiger partial charge in [-0.15, -0.1) is 5.10 Å². The van der Waals surface area contributed by atoms with Crippen molar-refractivity contribution in [3.63, 3.8) is 0 Å². The van der Waals surface area contributed by atoms with Crippen LogP contribution in [0.25, 0.3) is 0 Å². The van der Waals surface area contributed by atoms with E-state index in [1.807, 2.05) is 41.2 Å². The maximum absolute atomic E-state index is 6.16. The molecule has 0 amide bonds. The second-order valence-electron chi connectivity index (χ2n) is 8.59. The number of hydrogen-bond acceptors (Lipinski definition) is 5. The molecule has 0 spiro atoms. The molecule has 2 saturated heterocycles. The number of benzene rings is 1. The van der Waals surface area contributed by atoms with Crippen molar-refractivity contribution in [3.8, 4) is 5.75 Å². The number of aromatic nitrogens is 3. The molecular weight excluding hydrogens is 368 g/mol. The van der Waals surface area contributed by atoms with E-state index in [1.165, 1.54) is 38.6 Å². The predicted molar refractivity (Wildman–Crippen MR) is 106 cm³/mol. The zero-order chi connectivity index (χ0) is 19.5. The Morgan fingerprint density at radius 2 is 1.86 bits per heavy atom. The molecule has 0 unspecified atom stereocenters. The summed E-state index contributed by atoms with van der Waals surface area (Å²) in [5, 5.41) is 11.1. The van der Waals surface area contributed by atoms with Crippen LogP contribution in [0.2, 0.25) is 0 Å². The van der Waals surface area contributed by atoms with Gasteiger partial charge in [0.2, 0.25) is 0 Å². The highest BCUT2D eigenvalue weighted by molar-refractivity contribution is 5.21. The molecular formula is C22H31N4O3+. The van der Waals surface area contributed by atoms with Crippen molar-refractivity contribution in [2.24, 2.45) is 5.92 Å². The summed E-state index contributed by atoms with van der Waals surface area (Å²) in [5.74, 6) is 1.70. The van der Waals surface area contributed by atoms with Crippen LogP contribution in [0.5, 0.6) is 5.75 Å². The third kappa shape index (κ3) is 4.32. The lowest BCUT2D eigenvalue weighted by atomic mass is 9.89. The van der Waals surface area contributed by atoms with Gasteiger partial charge in [-0.25, -0.2) is 4.68 Å². The number of rotatable bonds is 7. The first-order chi connectivity index (χ1) is 14.4. The van der Waals surface area contributed by atoms with Gasteiger partial charge >= 0.3 is 0 Å². The van der Waals surface area contributed by atoms with E-state index in [9.17, 15) is 0 Å². The van der Waals surface area contributed by atoms with Gasteiger partial charge in [0.25, 0.3) is 0 Å². The van der Waals surface area contributed by atoms with Crippen molar-refractivity contribution < 1.29 is 19.5 Å². The third-order valence-corrected chi connectivity index (χ3v) is 6.59. The molecule has 4 atom stereocenters. The van der Waals surface area contributed by atoms with Crippen molar-refractivity contribution in [2.75, 3.05) is 19.8 Å². The van der Waals surface area contributed by atoms with Crippen LogP contribution in [0.3, 0.4) is 0 Å². The highest BCUT2D eigenvalue weighted by Crippen LogP contribution is 2.33. The Hall–Kier alpha value is -1.96. The Morgan fingerprint density at radius 3 is 2.72 bits per heavy atom. The number of fused-ring (bicyclic) bond motifs is 1. The summed E-state index contributed by atoms with van der Waals surface area (Å²) >= 11 is 0. The van der Waals surface area contributed by atoms with Gasteiger partial charge in [-0.05, 0) is 25.0 Å². The summed E-state index contributed by atoms with van der Waals surface area (Å²) in [6, 6.07) is 10.3. The average Bonchev–Trinajstić information content (AvgIpc) is 3.49. The number of hydrogen-bond donors (Lipinski definition) is 1. The monoisotopic (exact) mass is 399 g/mol. The van der Waals surface area contributed by atoms with Crippen molar-refractivity contribution in [1.29, 1.82) is 0 Å². The van der Waals surface area contributed by atoms with E-state index < -0.39 is 0 Å². The number of para-hydroxylation sites is 1. The molecule has 3 aliphatic rings. The fourth-order valence-corrected chi connectivity index (χ4v) is 4.94. The summed E-state index contributed by atoms with van der Waals surface area (Å²) in [7, 11) is 0. The van der Waals surface area contributed by atoms with Gasteiger partial charge in [-0.1, -0.05) is 42.7 Å². The molecule has 5 rings (SSSR count). The minimum absolute atomic E-state index is 0.0622. The van der Waals surface area contributed by atoms with Crippen LogP contribution >= 0.6 is 0 Å². The molecule has 0 bridgehead atoms. The third-order valence-electron chi connectivity index (χ3n) is 6.59. The molecule has 1 aromatic carbocycles. The largest absolute Gasteiger partial charge is 0.487 e. The van der Waals surface area contributed by atoms with E-state index in [2.05, 4.69) is 15.6 Å². The summed E-state index contributed by atoms with van der Waals surface area (Å²) < 4.78 is 20.0. The van der Waals surface area contributed by atoms with Gasteiger partial charge in [0, 0.05) is 5.92 Å². The zero-order valence-electron chi connectivity index (χ0n) is 16.9. The lowest BCUT2D eigenvalue weighted by Crippen LogP contribution is -2.93. The van der Waals surface area contributed by atoms with E-state index in [0.717, 1.165) is 24.0 Å². The lowest BCUT2D eigenvalue weighted by Gasteiger charge is -2.22. The second-order valence-corrected chi connectivity index (χ2v) is 8.59. The quantitative estimate of drug-likeness (QED) is 0.767. The van der Waals surface area contributed by atoms with Gasteiger partial charge in [-0.3, -0.25) is 0 Å². The zero-order valence-corrected chi connectivity index (χ0v) is 16.9. The molecule has 2 aromatic rings. The Morgan fingerprint density at radius 1 is 1.03 bits per heavy atom.